The molecular weight excluding hydrogens is 458 g/mol. The molecule has 0 amide bonds. The van der Waals surface area contributed by atoms with E-state index in [2.05, 4.69) is 75.2 Å². The van der Waals surface area contributed by atoms with Crippen LogP contribution in [-0.2, 0) is 0 Å². The third kappa shape index (κ3) is 8.81. The number of nitrogens with one attached hydrogen (secondary N) is 1. The normalized spacial score (nSPS) is 19.7. The highest BCUT2D eigenvalue weighted by Crippen LogP contribution is 2.43. The lowest BCUT2D eigenvalue weighted by Crippen LogP contribution is -2.41. The van der Waals surface area contributed by atoms with Crippen molar-refractivity contribution < 1.29 is 0 Å². The molecule has 3 rings (SSSR count). The molecule has 1 aromatic carbocycles. The van der Waals surface area contributed by atoms with E-state index in [1.807, 2.05) is 37.9 Å². The van der Waals surface area contributed by atoms with Gasteiger partial charge in [0.2, 0.25) is 0 Å². The standard InChI is InChI=1S/C30H43N3S.C2H6/c1-5-7-19-30(31,20-8-6-2)28-26(18-14-9-11-15-24(4)34-28)21-23(3)29-32-22-27(33-29)25-16-12-10-13-17-25;1-2/h10,12-18,22-23H,5-9,11,19-21,31H2,1-4H3,(H,32,33);1-2H3/b18-14+,24-15+,28-26+;/t23-;/m1./s1. The Morgan fingerprint density at radius 1 is 1.06 bits per heavy atom. The van der Waals surface area contributed by atoms with Crippen molar-refractivity contribution in [2.45, 2.75) is 111 Å². The van der Waals surface area contributed by atoms with Crippen LogP contribution in [0.2, 0.25) is 0 Å². The van der Waals surface area contributed by atoms with Gasteiger partial charge in [-0.15, -0.1) is 0 Å². The van der Waals surface area contributed by atoms with Crippen LogP contribution >= 0.6 is 11.8 Å². The summed E-state index contributed by atoms with van der Waals surface area (Å²) in [5, 5.41) is 0. The molecule has 1 aromatic heterocycles. The largest absolute Gasteiger partial charge is 0.342 e. The molecule has 0 fully saturated rings. The van der Waals surface area contributed by atoms with Crippen LogP contribution < -0.4 is 5.73 Å². The zero-order chi connectivity index (χ0) is 26.4. The molecule has 0 radical (unpaired) electrons. The van der Waals surface area contributed by atoms with Crippen molar-refractivity contribution in [1.29, 1.82) is 0 Å². The molecule has 0 saturated carbocycles. The van der Waals surface area contributed by atoms with Crippen LogP contribution in [0.15, 0.2) is 70.1 Å². The second-order valence-electron chi connectivity index (χ2n) is 9.77. The Bertz CT molecular complexity index is 976. The van der Waals surface area contributed by atoms with Crippen molar-refractivity contribution in [3.05, 3.63) is 76.0 Å². The molecule has 0 aliphatic carbocycles. The maximum atomic E-state index is 7.30. The average Bonchev–Trinajstić information content (AvgIpc) is 3.43. The number of unbranched alkanes of at least 4 members (excludes halogenated alkanes) is 2. The van der Waals surface area contributed by atoms with Crippen molar-refractivity contribution in [2.75, 3.05) is 0 Å². The highest BCUT2D eigenvalue weighted by molar-refractivity contribution is 8.06. The minimum absolute atomic E-state index is 0.270. The van der Waals surface area contributed by atoms with E-state index in [0.29, 0.717) is 0 Å². The van der Waals surface area contributed by atoms with Gasteiger partial charge in [0.05, 0.1) is 11.9 Å². The number of thioether (sulfide) groups is 1. The number of hydrogen-bond acceptors (Lipinski definition) is 3. The first-order valence-electron chi connectivity index (χ1n) is 14.1. The molecule has 0 unspecified atom stereocenters. The molecule has 1 aliphatic heterocycles. The molecule has 3 N–H and O–H groups in total. The number of imidazole rings is 1. The monoisotopic (exact) mass is 507 g/mol. The van der Waals surface area contributed by atoms with Crippen LogP contribution in [0.4, 0.5) is 0 Å². The summed E-state index contributed by atoms with van der Waals surface area (Å²) in [6, 6.07) is 10.4. The smallest absolute Gasteiger partial charge is 0.109 e. The van der Waals surface area contributed by atoms with Gasteiger partial charge in [-0.3, -0.25) is 0 Å². The lowest BCUT2D eigenvalue weighted by atomic mass is 9.84. The summed E-state index contributed by atoms with van der Waals surface area (Å²) in [5.74, 6) is 1.32. The maximum Gasteiger partial charge on any atom is 0.109 e. The minimum Gasteiger partial charge on any atom is -0.342 e. The van der Waals surface area contributed by atoms with E-state index in [4.69, 9.17) is 10.7 Å². The molecule has 0 spiro atoms. The first-order chi connectivity index (χ1) is 17.5. The van der Waals surface area contributed by atoms with Crippen LogP contribution in [0.1, 0.15) is 111 Å². The molecule has 0 saturated heterocycles. The fourth-order valence-electron chi connectivity index (χ4n) is 4.65. The number of nitrogens with two attached hydrogens (primary N) is 1. The molecule has 2 aromatic rings. The van der Waals surface area contributed by atoms with Gasteiger partial charge in [0, 0.05) is 16.4 Å². The van der Waals surface area contributed by atoms with E-state index in [0.717, 1.165) is 56.5 Å². The molecule has 198 valence electrons. The van der Waals surface area contributed by atoms with Crippen molar-refractivity contribution in [1.82, 2.24) is 9.97 Å². The predicted octanol–water partition coefficient (Wildman–Crippen LogP) is 9.92. The Morgan fingerprint density at radius 3 is 2.36 bits per heavy atom. The molecule has 36 heavy (non-hydrogen) atoms. The molecule has 0 bridgehead atoms. The second-order valence-corrected chi connectivity index (χ2v) is 11.0. The number of hydrogen-bond donors (Lipinski definition) is 2. The molecule has 3 nitrogen and oxygen atoms in total. The van der Waals surface area contributed by atoms with Crippen molar-refractivity contribution >= 4 is 11.8 Å². The zero-order valence-corrected chi connectivity index (χ0v) is 24.4. The summed E-state index contributed by atoms with van der Waals surface area (Å²) in [7, 11) is 0. The van der Waals surface area contributed by atoms with Crippen molar-refractivity contribution in [3.8, 4) is 11.3 Å². The number of aromatic amines is 1. The van der Waals surface area contributed by atoms with Crippen LogP contribution in [0.3, 0.4) is 0 Å². The lowest BCUT2D eigenvalue weighted by molar-refractivity contribution is 0.410. The third-order valence-electron chi connectivity index (χ3n) is 6.72. The topological polar surface area (TPSA) is 54.7 Å². The van der Waals surface area contributed by atoms with Gasteiger partial charge in [-0.25, -0.2) is 4.98 Å². The summed E-state index contributed by atoms with van der Waals surface area (Å²) < 4.78 is 0. The third-order valence-corrected chi connectivity index (χ3v) is 8.08. The zero-order valence-electron chi connectivity index (χ0n) is 23.6. The van der Waals surface area contributed by atoms with Gasteiger partial charge in [-0.05, 0) is 55.1 Å². The van der Waals surface area contributed by atoms with E-state index >= 15 is 0 Å². The Hall–Kier alpha value is -2.04. The van der Waals surface area contributed by atoms with E-state index in [-0.39, 0.29) is 11.5 Å². The highest BCUT2D eigenvalue weighted by atomic mass is 32.2. The summed E-state index contributed by atoms with van der Waals surface area (Å²) in [5.41, 5.74) is 10.7. The minimum atomic E-state index is -0.270. The van der Waals surface area contributed by atoms with E-state index < -0.39 is 0 Å². The number of H-pyrrole nitrogens is 1. The van der Waals surface area contributed by atoms with Crippen LogP contribution in [0.5, 0.6) is 0 Å². The Morgan fingerprint density at radius 2 is 1.72 bits per heavy atom. The fourth-order valence-corrected chi connectivity index (χ4v) is 5.86. The SMILES string of the molecule is CC.CCCCC(N)(CCCC)/C1=C(C[C@@H](C)c2ncc(-c3ccccc3)[nH]2)/C=C/CC/C=C(\C)S1. The summed E-state index contributed by atoms with van der Waals surface area (Å²) in [6.45, 7) is 13.1. The Kier molecular flexibility index (Phi) is 13.4. The van der Waals surface area contributed by atoms with E-state index in [1.54, 1.807) is 0 Å². The van der Waals surface area contributed by atoms with Gasteiger partial charge < -0.3 is 10.7 Å². The van der Waals surface area contributed by atoms with Crippen molar-refractivity contribution in [3.63, 3.8) is 0 Å². The quantitative estimate of drug-likeness (QED) is 0.318. The molecule has 1 atom stereocenters. The number of aromatic nitrogens is 2. The van der Waals surface area contributed by atoms with E-state index in [1.165, 1.54) is 33.8 Å². The molecule has 4 heteroatoms. The fraction of sp³-hybridized carbons (Fsp3) is 0.531. The highest BCUT2D eigenvalue weighted by Gasteiger charge is 2.32. The molecular formula is C32H49N3S. The summed E-state index contributed by atoms with van der Waals surface area (Å²) in [6.07, 6.45) is 18.9. The number of rotatable bonds is 11. The number of allylic oxidation sites excluding steroid dienone is 5. The van der Waals surface area contributed by atoms with Gasteiger partial charge in [-0.2, -0.15) is 0 Å². The second kappa shape index (κ2) is 15.9. The average molecular weight is 508 g/mol. The lowest BCUT2D eigenvalue weighted by Gasteiger charge is -2.34. The van der Waals surface area contributed by atoms with Gasteiger partial charge in [0.25, 0.3) is 0 Å². The molecule has 2 heterocycles. The van der Waals surface area contributed by atoms with Gasteiger partial charge in [0.1, 0.15) is 5.82 Å². The summed E-state index contributed by atoms with van der Waals surface area (Å²) >= 11 is 1.92. The van der Waals surface area contributed by atoms with Gasteiger partial charge >= 0.3 is 0 Å². The Balaban J connectivity index is 0.00000222. The van der Waals surface area contributed by atoms with Crippen molar-refractivity contribution in [2.24, 2.45) is 5.73 Å². The number of benzene rings is 1. The number of nitrogens with zero attached hydrogens (tertiary/aromatic N) is 1. The van der Waals surface area contributed by atoms with Gasteiger partial charge in [-0.1, -0.05) is 121 Å². The van der Waals surface area contributed by atoms with Crippen LogP contribution in [-0.4, -0.2) is 15.5 Å². The van der Waals surface area contributed by atoms with E-state index in [9.17, 15) is 0 Å². The summed E-state index contributed by atoms with van der Waals surface area (Å²) in [4.78, 5) is 11.1. The van der Waals surface area contributed by atoms with Gasteiger partial charge in [0.15, 0.2) is 0 Å². The Labute approximate surface area is 225 Å². The first kappa shape index (κ1) is 30.2. The van der Waals surface area contributed by atoms with Crippen LogP contribution in [0, 0.1) is 0 Å². The first-order valence-corrected chi connectivity index (χ1v) is 14.9. The predicted molar refractivity (Wildman–Crippen MR) is 161 cm³/mol. The van der Waals surface area contributed by atoms with Crippen LogP contribution in [0.25, 0.3) is 11.3 Å². The molecule has 1 aliphatic rings. The maximum absolute atomic E-state index is 7.30.